The van der Waals surface area contributed by atoms with Gasteiger partial charge in [0.25, 0.3) is 5.69 Å². The van der Waals surface area contributed by atoms with E-state index in [2.05, 4.69) is 15.3 Å². The monoisotopic (exact) mass is 288 g/mol. The number of aryl methyl sites for hydroxylation is 2. The van der Waals surface area contributed by atoms with Gasteiger partial charge in [0, 0.05) is 29.9 Å². The zero-order valence-electron chi connectivity index (χ0n) is 12.1. The van der Waals surface area contributed by atoms with Crippen LogP contribution >= 0.6 is 0 Å². The van der Waals surface area contributed by atoms with Crippen LogP contribution in [-0.2, 0) is 0 Å². The maximum atomic E-state index is 10.8. The van der Waals surface area contributed by atoms with E-state index in [1.54, 1.807) is 25.3 Å². The van der Waals surface area contributed by atoms with Gasteiger partial charge < -0.3 is 10.1 Å². The molecule has 21 heavy (non-hydrogen) atoms. The summed E-state index contributed by atoms with van der Waals surface area (Å²) < 4.78 is 5.70. The van der Waals surface area contributed by atoms with Crippen LogP contribution in [0.1, 0.15) is 18.1 Å². The van der Waals surface area contributed by atoms with Crippen LogP contribution in [0, 0.1) is 24.0 Å². The maximum Gasteiger partial charge on any atom is 0.272 e. The molecule has 0 amide bonds. The molecule has 1 N–H and O–H groups in total. The zero-order chi connectivity index (χ0) is 15.4. The second-order valence-electron chi connectivity index (χ2n) is 4.52. The number of hydrogen-bond acceptors (Lipinski definition) is 6. The molecular formula is C14H16N4O3. The fourth-order valence-corrected chi connectivity index (χ4v) is 1.78. The first kappa shape index (κ1) is 14.7. The fourth-order valence-electron chi connectivity index (χ4n) is 1.78. The van der Waals surface area contributed by atoms with E-state index < -0.39 is 4.92 Å². The van der Waals surface area contributed by atoms with E-state index in [-0.39, 0.29) is 5.69 Å². The summed E-state index contributed by atoms with van der Waals surface area (Å²) >= 11 is 0. The quantitative estimate of drug-likeness (QED) is 0.671. The third-order valence-corrected chi connectivity index (χ3v) is 2.84. The van der Waals surface area contributed by atoms with Crippen LogP contribution in [0.5, 0.6) is 11.6 Å². The lowest BCUT2D eigenvalue weighted by molar-refractivity contribution is -0.385. The molecule has 7 nitrogen and oxygen atoms in total. The van der Waals surface area contributed by atoms with Gasteiger partial charge in [0.2, 0.25) is 11.8 Å². The predicted molar refractivity (Wildman–Crippen MR) is 78.8 cm³/mol. The van der Waals surface area contributed by atoms with E-state index in [4.69, 9.17) is 4.74 Å². The highest BCUT2D eigenvalue weighted by molar-refractivity contribution is 5.45. The first-order valence-electron chi connectivity index (χ1n) is 6.51. The molecule has 0 spiro atoms. The van der Waals surface area contributed by atoms with Crippen molar-refractivity contribution in [3.8, 4) is 11.6 Å². The number of benzene rings is 1. The van der Waals surface area contributed by atoms with Gasteiger partial charge in [-0.3, -0.25) is 10.1 Å². The van der Waals surface area contributed by atoms with E-state index in [0.717, 1.165) is 5.56 Å². The lowest BCUT2D eigenvalue weighted by atomic mass is 10.2. The summed E-state index contributed by atoms with van der Waals surface area (Å²) in [5.41, 5.74) is 1.39. The maximum absolute atomic E-state index is 10.8. The number of rotatable bonds is 5. The molecule has 7 heteroatoms. The van der Waals surface area contributed by atoms with Crippen molar-refractivity contribution in [2.24, 2.45) is 0 Å². The summed E-state index contributed by atoms with van der Waals surface area (Å²) in [7, 11) is 0. The van der Waals surface area contributed by atoms with Gasteiger partial charge in [-0.05, 0) is 32.9 Å². The summed E-state index contributed by atoms with van der Waals surface area (Å²) in [4.78, 5) is 18.8. The van der Waals surface area contributed by atoms with Crippen LogP contribution in [-0.4, -0.2) is 21.4 Å². The number of nitrogens with zero attached hydrogens (tertiary/aromatic N) is 3. The molecule has 0 aliphatic heterocycles. The molecule has 0 saturated heterocycles. The summed E-state index contributed by atoms with van der Waals surface area (Å²) in [6, 6.07) is 4.60. The standard InChI is InChI=1S/C14H16N4O3/c1-4-15-14-16-8-10(3)13(17-14)21-11-5-6-12(18(19)20)9(2)7-11/h5-8H,4H2,1-3H3,(H,15,16,17). The number of anilines is 1. The van der Waals surface area contributed by atoms with Crippen molar-refractivity contribution in [3.63, 3.8) is 0 Å². The molecule has 0 radical (unpaired) electrons. The van der Waals surface area contributed by atoms with Gasteiger partial charge in [-0.25, -0.2) is 4.98 Å². The summed E-state index contributed by atoms with van der Waals surface area (Å²) in [6.45, 7) is 6.16. The predicted octanol–water partition coefficient (Wildman–Crippen LogP) is 3.23. The Morgan fingerprint density at radius 2 is 2.10 bits per heavy atom. The number of aromatic nitrogens is 2. The molecule has 0 unspecified atom stereocenters. The molecule has 1 heterocycles. The van der Waals surface area contributed by atoms with Gasteiger partial charge in [-0.15, -0.1) is 0 Å². The van der Waals surface area contributed by atoms with E-state index in [1.165, 1.54) is 6.07 Å². The van der Waals surface area contributed by atoms with Crippen LogP contribution < -0.4 is 10.1 Å². The second kappa shape index (κ2) is 6.17. The lowest BCUT2D eigenvalue weighted by Crippen LogP contribution is -2.03. The van der Waals surface area contributed by atoms with Crippen LogP contribution in [0.15, 0.2) is 24.4 Å². The van der Waals surface area contributed by atoms with Crippen molar-refractivity contribution in [2.75, 3.05) is 11.9 Å². The van der Waals surface area contributed by atoms with Gasteiger partial charge >= 0.3 is 0 Å². The minimum Gasteiger partial charge on any atom is -0.439 e. The SMILES string of the molecule is CCNc1ncc(C)c(Oc2ccc([N+](=O)[O-])c(C)c2)n1. The molecule has 0 saturated carbocycles. The zero-order valence-corrected chi connectivity index (χ0v) is 12.1. The molecule has 0 aliphatic rings. The first-order chi connectivity index (χ1) is 10.0. The minimum absolute atomic E-state index is 0.0649. The van der Waals surface area contributed by atoms with E-state index in [0.29, 0.717) is 29.7 Å². The Morgan fingerprint density at radius 1 is 1.33 bits per heavy atom. The van der Waals surface area contributed by atoms with Crippen molar-refractivity contribution < 1.29 is 9.66 Å². The number of nitrogens with one attached hydrogen (secondary N) is 1. The Labute approximate surface area is 122 Å². The molecule has 0 fully saturated rings. The first-order valence-corrected chi connectivity index (χ1v) is 6.51. The molecule has 0 atom stereocenters. The number of ether oxygens (including phenoxy) is 1. The molecule has 2 aromatic rings. The van der Waals surface area contributed by atoms with Crippen LogP contribution in [0.2, 0.25) is 0 Å². The number of hydrogen-bond donors (Lipinski definition) is 1. The van der Waals surface area contributed by atoms with Crippen molar-refractivity contribution in [3.05, 3.63) is 45.6 Å². The second-order valence-corrected chi connectivity index (χ2v) is 4.52. The van der Waals surface area contributed by atoms with E-state index in [9.17, 15) is 10.1 Å². The molecule has 0 aliphatic carbocycles. The van der Waals surface area contributed by atoms with Gasteiger partial charge in [0.1, 0.15) is 5.75 Å². The summed E-state index contributed by atoms with van der Waals surface area (Å²) in [6.07, 6.45) is 1.67. The molecule has 0 bridgehead atoms. The third-order valence-electron chi connectivity index (χ3n) is 2.84. The smallest absolute Gasteiger partial charge is 0.272 e. The highest BCUT2D eigenvalue weighted by atomic mass is 16.6. The van der Waals surface area contributed by atoms with Crippen LogP contribution in [0.4, 0.5) is 11.6 Å². The topological polar surface area (TPSA) is 90.2 Å². The largest absolute Gasteiger partial charge is 0.439 e. The Hall–Kier alpha value is -2.70. The average molecular weight is 288 g/mol. The van der Waals surface area contributed by atoms with Crippen molar-refractivity contribution >= 4 is 11.6 Å². The Bertz CT molecular complexity index is 673. The van der Waals surface area contributed by atoms with E-state index in [1.807, 2.05) is 13.8 Å². The van der Waals surface area contributed by atoms with Gasteiger partial charge in [-0.2, -0.15) is 4.98 Å². The van der Waals surface area contributed by atoms with Gasteiger partial charge in [0.15, 0.2) is 0 Å². The fraction of sp³-hybridized carbons (Fsp3) is 0.286. The molecular weight excluding hydrogens is 272 g/mol. The van der Waals surface area contributed by atoms with E-state index >= 15 is 0 Å². The summed E-state index contributed by atoms with van der Waals surface area (Å²) in [5.74, 6) is 1.41. The van der Waals surface area contributed by atoms with Crippen molar-refractivity contribution in [1.29, 1.82) is 0 Å². The Kier molecular flexibility index (Phi) is 4.32. The third kappa shape index (κ3) is 3.44. The van der Waals surface area contributed by atoms with Crippen LogP contribution in [0.25, 0.3) is 0 Å². The lowest BCUT2D eigenvalue weighted by Gasteiger charge is -2.09. The average Bonchev–Trinajstić information content (AvgIpc) is 2.42. The van der Waals surface area contributed by atoms with Gasteiger partial charge in [0.05, 0.1) is 4.92 Å². The number of nitro benzene ring substituents is 1. The Morgan fingerprint density at radius 3 is 2.71 bits per heavy atom. The highest BCUT2D eigenvalue weighted by Crippen LogP contribution is 2.28. The van der Waals surface area contributed by atoms with Crippen molar-refractivity contribution in [1.82, 2.24) is 9.97 Å². The summed E-state index contributed by atoms with van der Waals surface area (Å²) in [5, 5.41) is 13.8. The van der Waals surface area contributed by atoms with Crippen molar-refractivity contribution in [2.45, 2.75) is 20.8 Å². The molecule has 2 rings (SSSR count). The molecule has 1 aromatic carbocycles. The normalized spacial score (nSPS) is 10.2. The molecule has 110 valence electrons. The molecule has 1 aromatic heterocycles. The highest BCUT2D eigenvalue weighted by Gasteiger charge is 2.12. The minimum atomic E-state index is -0.418. The number of nitro groups is 1. The van der Waals surface area contributed by atoms with Gasteiger partial charge in [-0.1, -0.05) is 0 Å². The Balaban J connectivity index is 2.27. The van der Waals surface area contributed by atoms with Crippen LogP contribution in [0.3, 0.4) is 0 Å².